The number of pyridine rings is 1. The quantitative estimate of drug-likeness (QED) is 0.897. The van der Waals surface area contributed by atoms with Crippen LogP contribution >= 0.6 is 31.9 Å². The molecular weight excluding hydrogens is 352 g/mol. The van der Waals surface area contributed by atoms with E-state index in [0.29, 0.717) is 20.6 Å². The van der Waals surface area contributed by atoms with Crippen molar-refractivity contribution in [2.24, 2.45) is 0 Å². The van der Waals surface area contributed by atoms with E-state index in [1.165, 1.54) is 6.20 Å². The van der Waals surface area contributed by atoms with Gasteiger partial charge >= 0.3 is 0 Å². The van der Waals surface area contributed by atoms with Gasteiger partial charge in [-0.1, -0.05) is 0 Å². The number of anilines is 1. The number of aromatic nitrogens is 3. The van der Waals surface area contributed by atoms with Gasteiger partial charge in [-0.2, -0.15) is 0 Å². The van der Waals surface area contributed by atoms with Crippen LogP contribution in [0.15, 0.2) is 39.9 Å². The van der Waals surface area contributed by atoms with Crippen molar-refractivity contribution in [2.45, 2.75) is 0 Å². The zero-order valence-electron chi connectivity index (χ0n) is 8.39. The second-order valence-electron chi connectivity index (χ2n) is 3.02. The third kappa shape index (κ3) is 3.07. The van der Waals surface area contributed by atoms with Crippen LogP contribution in [-0.2, 0) is 0 Å². The van der Waals surface area contributed by atoms with E-state index < -0.39 is 0 Å². The third-order valence-corrected chi connectivity index (χ3v) is 2.81. The lowest BCUT2D eigenvalue weighted by molar-refractivity contribution is 0.102. The van der Waals surface area contributed by atoms with E-state index in [4.69, 9.17) is 0 Å². The molecule has 0 saturated carbocycles. The Morgan fingerprint density at radius 3 is 2.59 bits per heavy atom. The molecular formula is C10H6Br2N4O. The zero-order valence-corrected chi connectivity index (χ0v) is 11.6. The van der Waals surface area contributed by atoms with Crippen molar-refractivity contribution >= 4 is 43.6 Å². The Balaban J connectivity index is 2.19. The lowest BCUT2D eigenvalue weighted by Gasteiger charge is -2.05. The highest BCUT2D eigenvalue weighted by atomic mass is 79.9. The second-order valence-corrected chi connectivity index (χ2v) is 4.59. The summed E-state index contributed by atoms with van der Waals surface area (Å²) < 4.78 is 1.06. The van der Waals surface area contributed by atoms with Crippen molar-refractivity contribution in [3.8, 4) is 0 Å². The SMILES string of the molecule is O=C(Nc1ncc(Br)nc1Br)c1ccncc1. The molecule has 2 aromatic heterocycles. The Morgan fingerprint density at radius 2 is 1.94 bits per heavy atom. The molecule has 2 heterocycles. The van der Waals surface area contributed by atoms with Crippen LogP contribution in [0, 0.1) is 0 Å². The van der Waals surface area contributed by atoms with Gasteiger partial charge in [0.15, 0.2) is 5.82 Å². The number of nitrogens with zero attached hydrogens (tertiary/aromatic N) is 3. The number of halogens is 2. The largest absolute Gasteiger partial charge is 0.304 e. The summed E-state index contributed by atoms with van der Waals surface area (Å²) in [5.41, 5.74) is 0.511. The topological polar surface area (TPSA) is 67.8 Å². The molecule has 0 aliphatic heterocycles. The summed E-state index contributed by atoms with van der Waals surface area (Å²) in [6, 6.07) is 3.24. The number of carbonyl (C=O) groups is 1. The normalized spacial score (nSPS) is 10.0. The molecule has 0 aromatic carbocycles. The Bertz CT molecular complexity index is 547. The number of hydrogen-bond donors (Lipinski definition) is 1. The van der Waals surface area contributed by atoms with Crippen molar-refractivity contribution < 1.29 is 4.79 Å². The van der Waals surface area contributed by atoms with Crippen molar-refractivity contribution in [1.82, 2.24) is 15.0 Å². The van der Waals surface area contributed by atoms with Crippen LogP contribution in [0.3, 0.4) is 0 Å². The van der Waals surface area contributed by atoms with Crippen LogP contribution in [-0.4, -0.2) is 20.9 Å². The minimum absolute atomic E-state index is 0.260. The van der Waals surface area contributed by atoms with E-state index in [-0.39, 0.29) is 5.91 Å². The van der Waals surface area contributed by atoms with E-state index in [1.54, 1.807) is 24.5 Å². The smallest absolute Gasteiger partial charge is 0.256 e. The molecule has 2 rings (SSSR count). The predicted octanol–water partition coefficient (Wildman–Crippen LogP) is 2.65. The van der Waals surface area contributed by atoms with Crippen molar-refractivity contribution in [2.75, 3.05) is 5.32 Å². The van der Waals surface area contributed by atoms with E-state index in [9.17, 15) is 4.79 Å². The summed E-state index contributed by atoms with van der Waals surface area (Å²) in [6.07, 6.45) is 4.61. The Labute approximate surface area is 114 Å². The fraction of sp³-hybridized carbons (Fsp3) is 0. The average molecular weight is 358 g/mol. The van der Waals surface area contributed by atoms with E-state index in [0.717, 1.165) is 0 Å². The van der Waals surface area contributed by atoms with Gasteiger partial charge in [0.05, 0.1) is 6.20 Å². The van der Waals surface area contributed by atoms with Crippen LogP contribution in [0.5, 0.6) is 0 Å². The molecule has 5 nitrogen and oxygen atoms in total. The number of amides is 1. The van der Waals surface area contributed by atoms with Crippen LogP contribution in [0.1, 0.15) is 10.4 Å². The van der Waals surface area contributed by atoms with E-state index >= 15 is 0 Å². The van der Waals surface area contributed by atoms with E-state index in [2.05, 4.69) is 52.1 Å². The maximum Gasteiger partial charge on any atom is 0.256 e. The van der Waals surface area contributed by atoms with Gasteiger partial charge < -0.3 is 5.32 Å². The molecule has 1 amide bonds. The minimum atomic E-state index is -0.260. The van der Waals surface area contributed by atoms with Crippen molar-refractivity contribution in [1.29, 1.82) is 0 Å². The molecule has 0 unspecified atom stereocenters. The molecule has 0 aliphatic rings. The van der Waals surface area contributed by atoms with Crippen LogP contribution < -0.4 is 5.32 Å². The van der Waals surface area contributed by atoms with Crippen LogP contribution in [0.4, 0.5) is 5.82 Å². The predicted molar refractivity (Wildman–Crippen MR) is 69.6 cm³/mol. The molecule has 1 N–H and O–H groups in total. The van der Waals surface area contributed by atoms with Crippen molar-refractivity contribution in [3.63, 3.8) is 0 Å². The molecule has 0 bridgehead atoms. The summed E-state index contributed by atoms with van der Waals surface area (Å²) in [6.45, 7) is 0. The molecule has 2 aromatic rings. The third-order valence-electron chi connectivity index (χ3n) is 1.87. The van der Waals surface area contributed by atoms with Gasteiger partial charge in [-0.25, -0.2) is 9.97 Å². The number of rotatable bonds is 2. The number of nitrogens with one attached hydrogen (secondary N) is 1. The lowest BCUT2D eigenvalue weighted by Crippen LogP contribution is -2.13. The molecule has 0 atom stereocenters. The minimum Gasteiger partial charge on any atom is -0.304 e. The fourth-order valence-corrected chi connectivity index (χ4v) is 2.02. The lowest BCUT2D eigenvalue weighted by atomic mass is 10.2. The molecule has 0 aliphatic carbocycles. The first-order chi connectivity index (χ1) is 8.16. The highest BCUT2D eigenvalue weighted by Crippen LogP contribution is 2.19. The maximum absolute atomic E-state index is 11.8. The first-order valence-electron chi connectivity index (χ1n) is 4.56. The zero-order chi connectivity index (χ0) is 12.3. The van der Waals surface area contributed by atoms with Gasteiger partial charge in [0, 0.05) is 18.0 Å². The highest BCUT2D eigenvalue weighted by molar-refractivity contribution is 9.11. The fourth-order valence-electron chi connectivity index (χ4n) is 1.11. The molecule has 17 heavy (non-hydrogen) atoms. The average Bonchev–Trinajstić information content (AvgIpc) is 2.34. The van der Waals surface area contributed by atoms with Gasteiger partial charge in [0.25, 0.3) is 5.91 Å². The van der Waals surface area contributed by atoms with Gasteiger partial charge in [0.1, 0.15) is 9.21 Å². The van der Waals surface area contributed by atoms with Gasteiger partial charge in [-0.15, -0.1) is 0 Å². The van der Waals surface area contributed by atoms with Crippen LogP contribution in [0.25, 0.3) is 0 Å². The Hall–Kier alpha value is -1.34. The molecule has 0 saturated heterocycles. The summed E-state index contributed by atoms with van der Waals surface area (Å²) in [5.74, 6) is 0.111. The van der Waals surface area contributed by atoms with E-state index in [1.807, 2.05) is 0 Å². The summed E-state index contributed by atoms with van der Waals surface area (Å²) >= 11 is 6.40. The highest BCUT2D eigenvalue weighted by Gasteiger charge is 2.09. The molecule has 0 spiro atoms. The van der Waals surface area contributed by atoms with Gasteiger partial charge in [-0.3, -0.25) is 9.78 Å². The first-order valence-corrected chi connectivity index (χ1v) is 6.15. The van der Waals surface area contributed by atoms with Crippen LogP contribution in [0.2, 0.25) is 0 Å². The Kier molecular flexibility index (Phi) is 3.80. The summed E-state index contributed by atoms with van der Waals surface area (Å²) in [5, 5.41) is 2.65. The summed E-state index contributed by atoms with van der Waals surface area (Å²) in [7, 11) is 0. The molecule has 0 radical (unpaired) electrons. The molecule has 86 valence electrons. The first kappa shape index (κ1) is 12.1. The number of hydrogen-bond acceptors (Lipinski definition) is 4. The van der Waals surface area contributed by atoms with Gasteiger partial charge in [0.2, 0.25) is 0 Å². The standard InChI is InChI=1S/C10H6Br2N4O/c11-7-5-14-9(8(12)15-7)16-10(17)6-1-3-13-4-2-6/h1-5H,(H,14,16,17). The number of carbonyl (C=O) groups excluding carboxylic acids is 1. The monoisotopic (exact) mass is 356 g/mol. The van der Waals surface area contributed by atoms with Gasteiger partial charge in [-0.05, 0) is 44.0 Å². The second kappa shape index (κ2) is 5.33. The molecule has 7 heteroatoms. The maximum atomic E-state index is 11.8. The van der Waals surface area contributed by atoms with Crippen molar-refractivity contribution in [3.05, 3.63) is 45.5 Å². The molecule has 0 fully saturated rings. The summed E-state index contributed by atoms with van der Waals surface area (Å²) in [4.78, 5) is 23.8. The Morgan fingerprint density at radius 1 is 1.24 bits per heavy atom.